The molecule has 1 heterocycles. The van der Waals surface area contributed by atoms with E-state index in [-0.39, 0.29) is 11.7 Å². The summed E-state index contributed by atoms with van der Waals surface area (Å²) in [7, 11) is 0. The molecule has 0 saturated carbocycles. The fraction of sp³-hybridized carbons (Fsp3) is 0.538. The second-order valence-corrected chi connectivity index (χ2v) is 3.96. The van der Waals surface area contributed by atoms with Gasteiger partial charge in [-0.05, 0) is 38.8 Å². The minimum atomic E-state index is 0.146. The van der Waals surface area contributed by atoms with Crippen LogP contribution >= 0.6 is 0 Å². The lowest BCUT2D eigenvalue weighted by molar-refractivity contribution is 0.0912. The molecule has 0 fully saturated rings. The summed E-state index contributed by atoms with van der Waals surface area (Å²) in [5.74, 6) is 0.387. The van der Waals surface area contributed by atoms with Gasteiger partial charge in [-0.15, -0.1) is 0 Å². The fourth-order valence-electron chi connectivity index (χ4n) is 1.83. The molecule has 2 heteroatoms. The lowest BCUT2D eigenvalue weighted by atomic mass is 9.92. The molecule has 1 aromatic heterocycles. The van der Waals surface area contributed by atoms with E-state index in [1.807, 2.05) is 26.0 Å². The molecule has 0 aromatic carbocycles. The molecule has 0 unspecified atom stereocenters. The highest BCUT2D eigenvalue weighted by atomic mass is 16.1. The molecule has 0 bridgehead atoms. The number of ketones is 1. The van der Waals surface area contributed by atoms with Gasteiger partial charge in [-0.3, -0.25) is 9.78 Å². The van der Waals surface area contributed by atoms with Gasteiger partial charge in [0.1, 0.15) is 0 Å². The first-order chi connectivity index (χ1) is 7.10. The molecule has 0 N–H and O–H groups in total. The number of nitrogens with zero attached hydrogens (tertiary/aromatic N) is 1. The molecule has 1 rings (SSSR count). The van der Waals surface area contributed by atoms with E-state index in [2.05, 4.69) is 18.8 Å². The topological polar surface area (TPSA) is 30.0 Å². The zero-order valence-corrected chi connectivity index (χ0v) is 10.0. The lowest BCUT2D eigenvalue weighted by Gasteiger charge is -2.12. The molecule has 0 spiro atoms. The van der Waals surface area contributed by atoms with Gasteiger partial charge in [0.05, 0.1) is 0 Å². The number of Topliss-reactive ketones (excluding diaryl/α,β-unsaturated/α-hetero) is 1. The van der Waals surface area contributed by atoms with Crippen LogP contribution in [0.1, 0.15) is 48.4 Å². The molecule has 0 atom stereocenters. The maximum Gasteiger partial charge on any atom is 0.167 e. The van der Waals surface area contributed by atoms with Crippen LogP contribution in [0.2, 0.25) is 0 Å². The number of aromatic nitrogens is 1. The third-order valence-corrected chi connectivity index (χ3v) is 2.85. The summed E-state index contributed by atoms with van der Waals surface area (Å²) in [6.45, 7) is 7.97. The van der Waals surface area contributed by atoms with Crippen LogP contribution in [0.15, 0.2) is 12.1 Å². The molecule has 0 amide bonds. The van der Waals surface area contributed by atoms with E-state index in [0.717, 1.165) is 29.8 Å². The average Bonchev–Trinajstić information content (AvgIpc) is 2.19. The summed E-state index contributed by atoms with van der Waals surface area (Å²) in [6.07, 6.45) is 1.81. The number of carbonyl (C=O) groups excluding carboxylic acids is 1. The monoisotopic (exact) mass is 205 g/mol. The number of hydrogen-bond donors (Lipinski definition) is 0. The van der Waals surface area contributed by atoms with Crippen molar-refractivity contribution in [3.63, 3.8) is 0 Å². The maximum atomic E-state index is 12.1. The quantitative estimate of drug-likeness (QED) is 0.706. The van der Waals surface area contributed by atoms with Crippen molar-refractivity contribution in [1.29, 1.82) is 0 Å². The van der Waals surface area contributed by atoms with Crippen molar-refractivity contribution in [2.75, 3.05) is 0 Å². The summed E-state index contributed by atoms with van der Waals surface area (Å²) in [4.78, 5) is 16.4. The predicted molar refractivity (Wildman–Crippen MR) is 62.1 cm³/mol. The number of rotatable bonds is 4. The molecule has 82 valence electrons. The molecule has 15 heavy (non-hydrogen) atoms. The normalized spacial score (nSPS) is 10.7. The molecule has 0 aliphatic heterocycles. The van der Waals surface area contributed by atoms with Crippen molar-refractivity contribution >= 4 is 5.78 Å². The van der Waals surface area contributed by atoms with E-state index in [4.69, 9.17) is 0 Å². The van der Waals surface area contributed by atoms with Crippen molar-refractivity contribution in [2.24, 2.45) is 5.92 Å². The number of carbonyl (C=O) groups is 1. The Hall–Kier alpha value is -1.18. The van der Waals surface area contributed by atoms with E-state index >= 15 is 0 Å². The van der Waals surface area contributed by atoms with Crippen molar-refractivity contribution in [3.05, 3.63) is 29.1 Å². The number of pyridine rings is 1. The van der Waals surface area contributed by atoms with Crippen molar-refractivity contribution < 1.29 is 4.79 Å². The summed E-state index contributed by atoms with van der Waals surface area (Å²) in [5.41, 5.74) is 2.61. The second kappa shape index (κ2) is 5.06. The van der Waals surface area contributed by atoms with Gasteiger partial charge in [-0.2, -0.15) is 0 Å². The Morgan fingerprint density at radius 3 is 2.33 bits per heavy atom. The molecule has 1 aromatic rings. The van der Waals surface area contributed by atoms with Gasteiger partial charge in [0.2, 0.25) is 0 Å². The largest absolute Gasteiger partial charge is 0.294 e. The van der Waals surface area contributed by atoms with Crippen molar-refractivity contribution in [1.82, 2.24) is 4.98 Å². The molecule has 0 saturated heterocycles. The van der Waals surface area contributed by atoms with E-state index in [1.165, 1.54) is 0 Å². The van der Waals surface area contributed by atoms with E-state index in [9.17, 15) is 4.79 Å². The number of hydrogen-bond acceptors (Lipinski definition) is 2. The fourth-order valence-corrected chi connectivity index (χ4v) is 1.83. The summed E-state index contributed by atoms with van der Waals surface area (Å²) < 4.78 is 0. The highest BCUT2D eigenvalue weighted by Crippen LogP contribution is 2.17. The van der Waals surface area contributed by atoms with Crippen LogP contribution in [0.25, 0.3) is 0 Å². The Balaban J connectivity index is 3.00. The van der Waals surface area contributed by atoms with Gasteiger partial charge in [-0.1, -0.05) is 13.8 Å². The van der Waals surface area contributed by atoms with E-state index in [1.54, 1.807) is 0 Å². The SMILES string of the molecule is CCC(CC)C(=O)c1ccc(C)nc1C. The minimum Gasteiger partial charge on any atom is -0.294 e. The van der Waals surface area contributed by atoms with E-state index < -0.39 is 0 Å². The Kier molecular flexibility index (Phi) is 4.01. The third-order valence-electron chi connectivity index (χ3n) is 2.85. The standard InChI is InChI=1S/C13H19NO/c1-5-11(6-2)13(15)12-8-7-9(3)14-10(12)4/h7-8,11H,5-6H2,1-4H3. The molecule has 0 aliphatic carbocycles. The van der Waals surface area contributed by atoms with Crippen molar-refractivity contribution in [2.45, 2.75) is 40.5 Å². The van der Waals surface area contributed by atoms with Crippen LogP contribution in [-0.4, -0.2) is 10.8 Å². The average molecular weight is 205 g/mol. The molecule has 2 nitrogen and oxygen atoms in total. The van der Waals surface area contributed by atoms with Crippen LogP contribution in [-0.2, 0) is 0 Å². The van der Waals surface area contributed by atoms with E-state index in [0.29, 0.717) is 0 Å². The van der Waals surface area contributed by atoms with Gasteiger partial charge in [0.25, 0.3) is 0 Å². The molecule has 0 radical (unpaired) electrons. The summed E-state index contributed by atoms with van der Waals surface area (Å²) >= 11 is 0. The van der Waals surface area contributed by atoms with Crippen molar-refractivity contribution in [3.8, 4) is 0 Å². The van der Waals surface area contributed by atoms with Crippen LogP contribution in [0.3, 0.4) is 0 Å². The first-order valence-electron chi connectivity index (χ1n) is 5.58. The minimum absolute atomic E-state index is 0.146. The van der Waals surface area contributed by atoms with Gasteiger partial charge in [0.15, 0.2) is 5.78 Å². The Labute approximate surface area is 91.7 Å². The van der Waals surface area contributed by atoms with Gasteiger partial charge < -0.3 is 0 Å². The smallest absolute Gasteiger partial charge is 0.167 e. The number of aryl methyl sites for hydroxylation is 2. The summed E-state index contributed by atoms with van der Waals surface area (Å²) in [5, 5.41) is 0. The molecular formula is C13H19NO. The highest BCUT2D eigenvalue weighted by Gasteiger charge is 2.18. The van der Waals surface area contributed by atoms with Crippen LogP contribution < -0.4 is 0 Å². The van der Waals surface area contributed by atoms with Gasteiger partial charge in [-0.25, -0.2) is 0 Å². The first-order valence-corrected chi connectivity index (χ1v) is 5.58. The van der Waals surface area contributed by atoms with Gasteiger partial charge >= 0.3 is 0 Å². The summed E-state index contributed by atoms with van der Waals surface area (Å²) in [6, 6.07) is 3.81. The first kappa shape index (κ1) is 11.9. The van der Waals surface area contributed by atoms with Crippen LogP contribution in [0, 0.1) is 19.8 Å². The van der Waals surface area contributed by atoms with Crippen LogP contribution in [0.4, 0.5) is 0 Å². The van der Waals surface area contributed by atoms with Crippen LogP contribution in [0.5, 0.6) is 0 Å². The molecular weight excluding hydrogens is 186 g/mol. The molecule has 0 aliphatic rings. The Morgan fingerprint density at radius 1 is 1.27 bits per heavy atom. The Bertz CT molecular complexity index is 354. The maximum absolute atomic E-state index is 12.1. The highest BCUT2D eigenvalue weighted by molar-refractivity contribution is 5.98. The lowest BCUT2D eigenvalue weighted by Crippen LogP contribution is -2.15. The predicted octanol–water partition coefficient (Wildman–Crippen LogP) is 3.32. The zero-order valence-electron chi connectivity index (χ0n) is 10.0. The van der Waals surface area contributed by atoms with Gasteiger partial charge in [0, 0.05) is 22.9 Å². The zero-order chi connectivity index (χ0) is 11.4. The third kappa shape index (κ3) is 2.65. The Morgan fingerprint density at radius 2 is 1.87 bits per heavy atom. The second-order valence-electron chi connectivity index (χ2n) is 3.96.